The van der Waals surface area contributed by atoms with Gasteiger partial charge >= 0.3 is 5.97 Å². The highest BCUT2D eigenvalue weighted by Gasteiger charge is 2.28. The molecule has 1 N–H and O–H groups in total. The molecule has 0 radical (unpaired) electrons. The fourth-order valence-corrected chi connectivity index (χ4v) is 2.89. The number of nitrogens with zero attached hydrogens (tertiary/aromatic N) is 4. The number of nitrogens with one attached hydrogen (secondary N) is 1. The standard InChI is InChI=1S/C20H20ClN5O3/c1-13-16(21)9-6-10-17(13)23-19(27)14(2)29-20(28)18(26-12-22-24-25-26)11-15-7-4-3-5-8-15/h3-10,12,14,18H,11H2,1-2H3,(H,23,27)/t14-,18+/m1/s1. The van der Waals surface area contributed by atoms with Crippen LogP contribution < -0.4 is 5.32 Å². The van der Waals surface area contributed by atoms with Gasteiger partial charge < -0.3 is 10.1 Å². The number of hydrogen-bond acceptors (Lipinski definition) is 6. The van der Waals surface area contributed by atoms with Crippen LogP contribution in [0.5, 0.6) is 0 Å². The Labute approximate surface area is 172 Å². The molecule has 0 spiro atoms. The Morgan fingerprint density at radius 3 is 2.62 bits per heavy atom. The molecule has 1 amide bonds. The molecule has 1 heterocycles. The molecule has 0 aliphatic heterocycles. The predicted octanol–water partition coefficient (Wildman–Crippen LogP) is 2.99. The molecule has 0 bridgehead atoms. The largest absolute Gasteiger partial charge is 0.451 e. The first-order valence-corrected chi connectivity index (χ1v) is 9.36. The van der Waals surface area contributed by atoms with E-state index < -0.39 is 24.0 Å². The van der Waals surface area contributed by atoms with Gasteiger partial charge in [-0.3, -0.25) is 4.79 Å². The van der Waals surface area contributed by atoms with Crippen molar-refractivity contribution in [1.29, 1.82) is 0 Å². The van der Waals surface area contributed by atoms with E-state index >= 15 is 0 Å². The number of anilines is 1. The quantitative estimate of drug-likeness (QED) is 0.598. The molecule has 3 aromatic rings. The molecule has 0 aliphatic rings. The molecular formula is C20H20ClN5O3. The molecule has 0 unspecified atom stereocenters. The highest BCUT2D eigenvalue weighted by Crippen LogP contribution is 2.23. The van der Waals surface area contributed by atoms with Crippen molar-refractivity contribution < 1.29 is 14.3 Å². The third kappa shape index (κ3) is 5.17. The molecule has 0 saturated heterocycles. The molecule has 2 atom stereocenters. The van der Waals surface area contributed by atoms with Gasteiger partial charge in [-0.1, -0.05) is 48.0 Å². The molecule has 2 aromatic carbocycles. The lowest BCUT2D eigenvalue weighted by molar-refractivity contribution is -0.156. The first-order chi connectivity index (χ1) is 14.0. The Morgan fingerprint density at radius 1 is 1.17 bits per heavy atom. The van der Waals surface area contributed by atoms with Crippen molar-refractivity contribution in [1.82, 2.24) is 20.2 Å². The summed E-state index contributed by atoms with van der Waals surface area (Å²) in [7, 11) is 0. The van der Waals surface area contributed by atoms with Crippen LogP contribution in [0.25, 0.3) is 0 Å². The minimum Gasteiger partial charge on any atom is -0.451 e. The number of ether oxygens (including phenoxy) is 1. The number of carbonyl (C=O) groups excluding carboxylic acids is 2. The molecule has 9 heteroatoms. The summed E-state index contributed by atoms with van der Waals surface area (Å²) in [6, 6.07) is 13.8. The first kappa shape index (κ1) is 20.5. The van der Waals surface area contributed by atoms with Crippen LogP contribution in [0.15, 0.2) is 54.9 Å². The highest BCUT2D eigenvalue weighted by atomic mass is 35.5. The maximum absolute atomic E-state index is 12.8. The van der Waals surface area contributed by atoms with Gasteiger partial charge in [-0.25, -0.2) is 9.48 Å². The van der Waals surface area contributed by atoms with E-state index in [2.05, 4.69) is 20.8 Å². The third-order valence-electron chi connectivity index (χ3n) is 4.42. The van der Waals surface area contributed by atoms with Gasteiger partial charge in [0.1, 0.15) is 6.33 Å². The van der Waals surface area contributed by atoms with Crippen LogP contribution in [0.2, 0.25) is 5.02 Å². The minimum absolute atomic E-state index is 0.326. The summed E-state index contributed by atoms with van der Waals surface area (Å²) in [5, 5.41) is 14.3. The summed E-state index contributed by atoms with van der Waals surface area (Å²) in [6.07, 6.45) is 0.650. The highest BCUT2D eigenvalue weighted by molar-refractivity contribution is 6.31. The number of benzene rings is 2. The molecular weight excluding hydrogens is 394 g/mol. The van der Waals surface area contributed by atoms with Crippen LogP contribution in [0.4, 0.5) is 5.69 Å². The van der Waals surface area contributed by atoms with Gasteiger partial charge in [-0.15, -0.1) is 5.10 Å². The molecule has 29 heavy (non-hydrogen) atoms. The second-order valence-electron chi connectivity index (χ2n) is 6.48. The molecule has 0 aliphatic carbocycles. The number of rotatable bonds is 7. The molecule has 0 saturated carbocycles. The van der Waals surface area contributed by atoms with Crippen LogP contribution in [-0.4, -0.2) is 38.2 Å². The average Bonchev–Trinajstić information content (AvgIpc) is 3.24. The van der Waals surface area contributed by atoms with E-state index in [1.165, 1.54) is 17.9 Å². The first-order valence-electron chi connectivity index (χ1n) is 8.98. The zero-order chi connectivity index (χ0) is 20.8. The van der Waals surface area contributed by atoms with E-state index in [1.54, 1.807) is 25.1 Å². The normalized spacial score (nSPS) is 12.8. The summed E-state index contributed by atoms with van der Waals surface area (Å²) in [6.45, 7) is 3.30. The Kier molecular flexibility index (Phi) is 6.56. The lowest BCUT2D eigenvalue weighted by Gasteiger charge is -2.19. The second-order valence-corrected chi connectivity index (χ2v) is 6.88. The summed E-state index contributed by atoms with van der Waals surface area (Å²) >= 11 is 6.08. The smallest absolute Gasteiger partial charge is 0.332 e. The van der Waals surface area contributed by atoms with Crippen LogP contribution >= 0.6 is 11.6 Å². The molecule has 0 fully saturated rings. The van der Waals surface area contributed by atoms with Crippen molar-refractivity contribution in [2.24, 2.45) is 0 Å². The lowest BCUT2D eigenvalue weighted by Crippen LogP contribution is -2.34. The third-order valence-corrected chi connectivity index (χ3v) is 4.83. The fraction of sp³-hybridized carbons (Fsp3) is 0.250. The molecule has 150 valence electrons. The zero-order valence-electron chi connectivity index (χ0n) is 15.9. The molecule has 3 rings (SSSR count). The van der Waals surface area contributed by atoms with Crippen molar-refractivity contribution in [3.8, 4) is 0 Å². The number of halogens is 1. The number of tetrazole rings is 1. The van der Waals surface area contributed by atoms with Gasteiger partial charge in [-0.2, -0.15) is 0 Å². The van der Waals surface area contributed by atoms with Crippen molar-refractivity contribution in [2.75, 3.05) is 5.32 Å². The maximum Gasteiger partial charge on any atom is 0.332 e. The van der Waals surface area contributed by atoms with E-state index in [9.17, 15) is 9.59 Å². The van der Waals surface area contributed by atoms with E-state index in [-0.39, 0.29) is 0 Å². The number of amides is 1. The lowest BCUT2D eigenvalue weighted by atomic mass is 10.1. The second kappa shape index (κ2) is 9.29. The van der Waals surface area contributed by atoms with Crippen LogP contribution in [0, 0.1) is 6.92 Å². The minimum atomic E-state index is -1.02. The van der Waals surface area contributed by atoms with Gasteiger partial charge in [0.25, 0.3) is 5.91 Å². The Balaban J connectivity index is 1.69. The van der Waals surface area contributed by atoms with Gasteiger partial charge in [0, 0.05) is 17.1 Å². The van der Waals surface area contributed by atoms with E-state index in [0.29, 0.717) is 17.1 Å². The number of carbonyl (C=O) groups is 2. The topological polar surface area (TPSA) is 99.0 Å². The van der Waals surface area contributed by atoms with Gasteiger partial charge in [0.15, 0.2) is 12.1 Å². The number of hydrogen-bond donors (Lipinski definition) is 1. The monoisotopic (exact) mass is 413 g/mol. The van der Waals surface area contributed by atoms with Crippen molar-refractivity contribution in [3.63, 3.8) is 0 Å². The van der Waals surface area contributed by atoms with Crippen LogP contribution in [0.3, 0.4) is 0 Å². The van der Waals surface area contributed by atoms with Gasteiger partial charge in [0.05, 0.1) is 0 Å². The maximum atomic E-state index is 12.8. The van der Waals surface area contributed by atoms with Crippen molar-refractivity contribution >= 4 is 29.2 Å². The Morgan fingerprint density at radius 2 is 1.93 bits per heavy atom. The Bertz CT molecular complexity index is 979. The summed E-state index contributed by atoms with van der Waals surface area (Å²) in [5.74, 6) is -1.06. The Hall–Kier alpha value is -3.26. The number of esters is 1. The summed E-state index contributed by atoms with van der Waals surface area (Å²) in [4.78, 5) is 25.3. The van der Waals surface area contributed by atoms with Crippen molar-refractivity contribution in [2.45, 2.75) is 32.4 Å². The fourth-order valence-electron chi connectivity index (χ4n) is 2.72. The van der Waals surface area contributed by atoms with Gasteiger partial charge in [-0.05, 0) is 47.5 Å². The van der Waals surface area contributed by atoms with Crippen LogP contribution in [-0.2, 0) is 20.7 Å². The molecule has 1 aromatic heterocycles. The van der Waals surface area contributed by atoms with Gasteiger partial charge in [0.2, 0.25) is 0 Å². The summed E-state index contributed by atoms with van der Waals surface area (Å²) < 4.78 is 6.73. The van der Waals surface area contributed by atoms with E-state index in [4.69, 9.17) is 16.3 Å². The summed E-state index contributed by atoms with van der Waals surface area (Å²) in [5.41, 5.74) is 2.21. The predicted molar refractivity (Wildman–Crippen MR) is 107 cm³/mol. The zero-order valence-corrected chi connectivity index (χ0v) is 16.7. The average molecular weight is 414 g/mol. The SMILES string of the molecule is Cc1c(Cl)cccc1NC(=O)[C@@H](C)OC(=O)[C@H](Cc1ccccc1)n1cnnn1. The van der Waals surface area contributed by atoms with E-state index in [1.807, 2.05) is 30.3 Å². The molecule has 8 nitrogen and oxygen atoms in total. The van der Waals surface area contributed by atoms with E-state index in [0.717, 1.165) is 11.1 Å². The van der Waals surface area contributed by atoms with Crippen molar-refractivity contribution in [3.05, 3.63) is 71.0 Å². The number of aromatic nitrogens is 4. The van der Waals surface area contributed by atoms with Crippen LogP contribution in [0.1, 0.15) is 24.1 Å².